The van der Waals surface area contributed by atoms with Crippen LogP contribution in [0.4, 0.5) is 0 Å². The van der Waals surface area contributed by atoms with Crippen molar-refractivity contribution < 1.29 is 14.3 Å². The van der Waals surface area contributed by atoms with E-state index in [1.54, 1.807) is 6.92 Å². The van der Waals surface area contributed by atoms with Gasteiger partial charge in [0.2, 0.25) is 0 Å². The molecule has 1 heterocycles. The van der Waals surface area contributed by atoms with Crippen molar-refractivity contribution in [3.05, 3.63) is 36.0 Å². The number of ether oxygens (including phenoxy) is 1. The fourth-order valence-electron chi connectivity index (χ4n) is 1.97. The molecular weight excluding hydrogens is 256 g/mol. The average Bonchev–Trinajstić information content (AvgIpc) is 2.88. The van der Waals surface area contributed by atoms with Crippen LogP contribution in [0.1, 0.15) is 18.9 Å². The molecule has 1 aromatic carbocycles. The summed E-state index contributed by atoms with van der Waals surface area (Å²) in [4.78, 5) is 25.6. The van der Waals surface area contributed by atoms with Gasteiger partial charge in [-0.05, 0) is 18.1 Å². The maximum atomic E-state index is 11.5. The van der Waals surface area contributed by atoms with Gasteiger partial charge in [-0.2, -0.15) is 0 Å². The molecule has 5 heteroatoms. The van der Waals surface area contributed by atoms with Gasteiger partial charge in [0, 0.05) is 30.1 Å². The fourth-order valence-corrected chi connectivity index (χ4v) is 1.97. The summed E-state index contributed by atoms with van der Waals surface area (Å²) in [6.07, 6.45) is 2.97. The largest absolute Gasteiger partial charge is 0.456 e. The number of fused-ring (bicyclic) bond motifs is 1. The van der Waals surface area contributed by atoms with Gasteiger partial charge in [0.15, 0.2) is 6.61 Å². The number of nitrogens with one attached hydrogen (secondary N) is 2. The molecule has 0 spiro atoms. The Hall–Kier alpha value is -2.30. The molecule has 1 amide bonds. The number of H-pyrrole nitrogens is 1. The van der Waals surface area contributed by atoms with E-state index in [0.29, 0.717) is 6.54 Å². The normalized spacial score (nSPS) is 10.4. The van der Waals surface area contributed by atoms with E-state index >= 15 is 0 Å². The third kappa shape index (κ3) is 3.60. The van der Waals surface area contributed by atoms with Gasteiger partial charge in [-0.1, -0.05) is 25.1 Å². The first-order chi connectivity index (χ1) is 9.70. The maximum absolute atomic E-state index is 11.5. The summed E-state index contributed by atoms with van der Waals surface area (Å²) in [5.41, 5.74) is 2.25. The van der Waals surface area contributed by atoms with Crippen LogP contribution in [-0.2, 0) is 20.7 Å². The standard InChI is InChI=1S/C15H18N2O3/c1-2-15(19)20-10-14(18)16-8-7-11-9-17-13-6-4-3-5-12(11)13/h3-6,9,17H,2,7-8,10H2,1H3,(H,16,18). The Morgan fingerprint density at radius 2 is 2.10 bits per heavy atom. The van der Waals surface area contributed by atoms with Gasteiger partial charge in [0.05, 0.1) is 0 Å². The van der Waals surface area contributed by atoms with Crippen molar-refractivity contribution in [2.45, 2.75) is 19.8 Å². The van der Waals surface area contributed by atoms with E-state index in [0.717, 1.165) is 17.5 Å². The number of amides is 1. The van der Waals surface area contributed by atoms with Crippen LogP contribution in [0.5, 0.6) is 0 Å². The van der Waals surface area contributed by atoms with Gasteiger partial charge in [-0.3, -0.25) is 9.59 Å². The molecule has 5 nitrogen and oxygen atoms in total. The summed E-state index contributed by atoms with van der Waals surface area (Å²) in [6, 6.07) is 8.03. The van der Waals surface area contributed by atoms with Gasteiger partial charge >= 0.3 is 5.97 Å². The van der Waals surface area contributed by atoms with Crippen molar-refractivity contribution in [2.24, 2.45) is 0 Å². The van der Waals surface area contributed by atoms with E-state index in [4.69, 9.17) is 4.74 Å². The van der Waals surface area contributed by atoms with Crippen LogP contribution in [0.25, 0.3) is 10.9 Å². The van der Waals surface area contributed by atoms with E-state index in [1.807, 2.05) is 30.5 Å². The lowest BCUT2D eigenvalue weighted by atomic mass is 10.1. The van der Waals surface area contributed by atoms with Crippen LogP contribution in [0.2, 0.25) is 0 Å². The molecule has 0 saturated heterocycles. The number of esters is 1. The van der Waals surface area contributed by atoms with Crippen molar-refractivity contribution in [3.63, 3.8) is 0 Å². The fraction of sp³-hybridized carbons (Fsp3) is 0.333. The van der Waals surface area contributed by atoms with Crippen LogP contribution in [0.3, 0.4) is 0 Å². The first-order valence-electron chi connectivity index (χ1n) is 6.68. The molecule has 0 radical (unpaired) electrons. The smallest absolute Gasteiger partial charge is 0.306 e. The summed E-state index contributed by atoms with van der Waals surface area (Å²) in [6.45, 7) is 2.00. The van der Waals surface area contributed by atoms with E-state index < -0.39 is 0 Å². The molecule has 0 aliphatic heterocycles. The van der Waals surface area contributed by atoms with E-state index in [2.05, 4.69) is 10.3 Å². The Morgan fingerprint density at radius 1 is 1.30 bits per heavy atom. The van der Waals surface area contributed by atoms with Gasteiger partial charge < -0.3 is 15.0 Å². The van der Waals surface area contributed by atoms with E-state index in [-0.39, 0.29) is 24.9 Å². The minimum atomic E-state index is -0.364. The molecule has 1 aromatic heterocycles. The van der Waals surface area contributed by atoms with Gasteiger partial charge in [-0.25, -0.2) is 0 Å². The predicted molar refractivity (Wildman–Crippen MR) is 76.3 cm³/mol. The second kappa shape index (κ2) is 6.75. The molecule has 106 valence electrons. The monoisotopic (exact) mass is 274 g/mol. The molecular formula is C15H18N2O3. The van der Waals surface area contributed by atoms with E-state index in [9.17, 15) is 9.59 Å². The number of rotatable bonds is 6. The predicted octanol–water partition coefficient (Wildman–Crippen LogP) is 1.78. The zero-order valence-corrected chi connectivity index (χ0v) is 11.4. The highest BCUT2D eigenvalue weighted by Crippen LogP contribution is 2.17. The van der Waals surface area contributed by atoms with Crippen molar-refractivity contribution >= 4 is 22.8 Å². The Kier molecular flexibility index (Phi) is 4.76. The molecule has 0 atom stereocenters. The number of carbonyl (C=O) groups excluding carboxylic acids is 2. The number of hydrogen-bond donors (Lipinski definition) is 2. The van der Waals surface area contributed by atoms with Crippen molar-refractivity contribution in [3.8, 4) is 0 Å². The van der Waals surface area contributed by atoms with Crippen LogP contribution in [0, 0.1) is 0 Å². The maximum Gasteiger partial charge on any atom is 0.306 e. The zero-order chi connectivity index (χ0) is 14.4. The minimum absolute atomic E-state index is 0.208. The van der Waals surface area contributed by atoms with Gasteiger partial charge in [0.1, 0.15) is 0 Å². The third-order valence-electron chi connectivity index (χ3n) is 3.04. The molecule has 0 saturated carbocycles. The van der Waals surface area contributed by atoms with E-state index in [1.165, 1.54) is 5.39 Å². The summed E-state index contributed by atoms with van der Waals surface area (Å²) in [7, 11) is 0. The molecule has 2 rings (SSSR count). The third-order valence-corrected chi connectivity index (χ3v) is 3.04. The Balaban J connectivity index is 1.78. The summed E-state index contributed by atoms with van der Waals surface area (Å²) in [5.74, 6) is -0.636. The SMILES string of the molecule is CCC(=O)OCC(=O)NCCc1c[nH]c2ccccc12. The number of aromatic nitrogens is 1. The Labute approximate surface area is 117 Å². The number of hydrogen-bond acceptors (Lipinski definition) is 3. The van der Waals surface area contributed by atoms with Crippen molar-refractivity contribution in [1.82, 2.24) is 10.3 Å². The molecule has 0 aliphatic carbocycles. The highest BCUT2D eigenvalue weighted by molar-refractivity contribution is 5.83. The summed E-state index contributed by atoms with van der Waals surface area (Å²) in [5, 5.41) is 3.90. The Bertz CT molecular complexity index is 604. The van der Waals surface area contributed by atoms with Crippen LogP contribution in [0.15, 0.2) is 30.5 Å². The summed E-state index contributed by atoms with van der Waals surface area (Å²) < 4.78 is 4.75. The van der Waals surface area contributed by atoms with Crippen molar-refractivity contribution in [2.75, 3.05) is 13.2 Å². The second-order valence-corrected chi connectivity index (χ2v) is 4.47. The molecule has 0 bridgehead atoms. The zero-order valence-electron chi connectivity index (χ0n) is 11.4. The number of benzene rings is 1. The van der Waals surface area contributed by atoms with Crippen LogP contribution >= 0.6 is 0 Å². The molecule has 0 aliphatic rings. The Morgan fingerprint density at radius 3 is 2.90 bits per heavy atom. The lowest BCUT2D eigenvalue weighted by Gasteiger charge is -2.05. The molecule has 20 heavy (non-hydrogen) atoms. The quantitative estimate of drug-likeness (QED) is 0.789. The van der Waals surface area contributed by atoms with Gasteiger partial charge in [-0.15, -0.1) is 0 Å². The molecule has 2 aromatic rings. The second-order valence-electron chi connectivity index (χ2n) is 4.47. The lowest BCUT2D eigenvalue weighted by molar-refractivity contribution is -0.148. The molecule has 2 N–H and O–H groups in total. The topological polar surface area (TPSA) is 71.2 Å². The number of carbonyl (C=O) groups is 2. The molecule has 0 fully saturated rings. The lowest BCUT2D eigenvalue weighted by Crippen LogP contribution is -2.30. The summed E-state index contributed by atoms with van der Waals surface area (Å²) >= 11 is 0. The molecule has 0 unspecified atom stereocenters. The number of aromatic amines is 1. The average molecular weight is 274 g/mol. The van der Waals surface area contributed by atoms with Gasteiger partial charge in [0.25, 0.3) is 5.91 Å². The van der Waals surface area contributed by atoms with Crippen LogP contribution < -0.4 is 5.32 Å². The first-order valence-corrected chi connectivity index (χ1v) is 6.68. The number of para-hydroxylation sites is 1. The highest BCUT2D eigenvalue weighted by atomic mass is 16.5. The van der Waals surface area contributed by atoms with Crippen LogP contribution in [-0.4, -0.2) is 30.0 Å². The highest BCUT2D eigenvalue weighted by Gasteiger charge is 2.06. The van der Waals surface area contributed by atoms with Crippen molar-refractivity contribution in [1.29, 1.82) is 0 Å². The first kappa shape index (κ1) is 14.1. The minimum Gasteiger partial charge on any atom is -0.456 e.